The molecule has 11 heavy (non-hydrogen) atoms. The first kappa shape index (κ1) is 7.46. The van der Waals surface area contributed by atoms with Crippen molar-refractivity contribution in [3.8, 4) is 0 Å². The lowest BCUT2D eigenvalue weighted by atomic mass is 10.2. The molecule has 1 rings (SSSR count). The van der Waals surface area contributed by atoms with Crippen LogP contribution in [0.25, 0.3) is 0 Å². The van der Waals surface area contributed by atoms with E-state index in [1.165, 1.54) is 12.4 Å². The Balaban J connectivity index is 2.74. The fourth-order valence-electron chi connectivity index (χ4n) is 0.657. The summed E-state index contributed by atoms with van der Waals surface area (Å²) in [4.78, 5) is 17.8. The number of carbonyl (C=O) groups excluding carboxylic acids is 1. The summed E-state index contributed by atoms with van der Waals surface area (Å²) < 4.78 is 0. The van der Waals surface area contributed by atoms with Crippen molar-refractivity contribution < 1.29 is 4.79 Å². The van der Waals surface area contributed by atoms with Gasteiger partial charge in [-0.3, -0.25) is 4.79 Å². The number of hydrogen-bond donors (Lipinski definition) is 2. The summed E-state index contributed by atoms with van der Waals surface area (Å²) in [6.07, 6.45) is 3.11. The van der Waals surface area contributed by atoms with Gasteiger partial charge in [0.05, 0.1) is 6.42 Å². The molecular weight excluding hydrogens is 144 g/mol. The molecule has 0 unspecified atom stereocenters. The normalized spacial score (nSPS) is 9.45. The molecule has 0 radical (unpaired) electrons. The Morgan fingerprint density at radius 1 is 1.45 bits per heavy atom. The molecule has 1 amide bonds. The zero-order valence-corrected chi connectivity index (χ0v) is 5.82. The predicted octanol–water partition coefficient (Wildman–Crippen LogP) is -0.913. The van der Waals surface area contributed by atoms with E-state index >= 15 is 0 Å². The van der Waals surface area contributed by atoms with Crippen molar-refractivity contribution in [3.05, 3.63) is 18.0 Å². The Kier molecular flexibility index (Phi) is 2.00. The largest absolute Gasteiger partial charge is 0.369 e. The molecule has 0 aromatic carbocycles. The van der Waals surface area contributed by atoms with E-state index in [1.807, 2.05) is 0 Å². The van der Waals surface area contributed by atoms with Crippen molar-refractivity contribution in [1.29, 1.82) is 0 Å². The molecule has 1 aromatic heterocycles. The average Bonchev–Trinajstić information content (AvgIpc) is 1.93. The maximum Gasteiger partial charge on any atom is 0.221 e. The molecule has 5 nitrogen and oxygen atoms in total. The second-order valence-corrected chi connectivity index (χ2v) is 2.09. The minimum Gasteiger partial charge on any atom is -0.369 e. The van der Waals surface area contributed by atoms with Crippen LogP contribution < -0.4 is 11.5 Å². The van der Waals surface area contributed by atoms with Gasteiger partial charge >= 0.3 is 0 Å². The quantitative estimate of drug-likeness (QED) is 0.573. The van der Waals surface area contributed by atoms with Gasteiger partial charge in [-0.2, -0.15) is 0 Å². The van der Waals surface area contributed by atoms with Crippen LogP contribution in [0.2, 0.25) is 0 Å². The van der Waals surface area contributed by atoms with Crippen LogP contribution in [0, 0.1) is 0 Å². The molecule has 0 saturated heterocycles. The predicted molar refractivity (Wildman–Crippen MR) is 39.3 cm³/mol. The van der Waals surface area contributed by atoms with Crippen molar-refractivity contribution in [2.45, 2.75) is 6.42 Å². The second-order valence-electron chi connectivity index (χ2n) is 2.09. The Morgan fingerprint density at radius 3 is 2.45 bits per heavy atom. The summed E-state index contributed by atoms with van der Waals surface area (Å²) in [7, 11) is 0. The molecule has 5 heteroatoms. The van der Waals surface area contributed by atoms with Crippen LogP contribution in [0.15, 0.2) is 12.4 Å². The van der Waals surface area contributed by atoms with Gasteiger partial charge in [0, 0.05) is 12.4 Å². The van der Waals surface area contributed by atoms with Gasteiger partial charge < -0.3 is 11.5 Å². The topological polar surface area (TPSA) is 94.9 Å². The summed E-state index contributed by atoms with van der Waals surface area (Å²) >= 11 is 0. The number of anilines is 1. The lowest BCUT2D eigenvalue weighted by Gasteiger charge is -1.95. The van der Waals surface area contributed by atoms with Gasteiger partial charge in [0.1, 0.15) is 0 Å². The number of aromatic nitrogens is 2. The third-order valence-electron chi connectivity index (χ3n) is 1.10. The van der Waals surface area contributed by atoms with Crippen LogP contribution in [-0.2, 0) is 11.2 Å². The third kappa shape index (κ3) is 2.21. The Hall–Kier alpha value is -1.65. The molecular formula is C6H8N4O. The highest BCUT2D eigenvalue weighted by Gasteiger charge is 1.98. The zero-order chi connectivity index (χ0) is 8.27. The smallest absolute Gasteiger partial charge is 0.221 e. The summed E-state index contributed by atoms with van der Waals surface area (Å²) in [5.74, 6) is -0.211. The van der Waals surface area contributed by atoms with Crippen LogP contribution in [0.5, 0.6) is 0 Å². The lowest BCUT2D eigenvalue weighted by Crippen LogP contribution is -2.14. The van der Waals surface area contributed by atoms with Gasteiger partial charge in [0.2, 0.25) is 11.9 Å². The van der Waals surface area contributed by atoms with Crippen molar-refractivity contribution in [3.63, 3.8) is 0 Å². The van der Waals surface area contributed by atoms with E-state index in [0.717, 1.165) is 0 Å². The summed E-state index contributed by atoms with van der Waals surface area (Å²) in [6, 6.07) is 0. The number of nitrogen functional groups attached to an aromatic ring is 1. The highest BCUT2D eigenvalue weighted by Crippen LogP contribution is 1.96. The zero-order valence-electron chi connectivity index (χ0n) is 5.82. The second kappa shape index (κ2) is 2.96. The number of hydrogen-bond acceptors (Lipinski definition) is 4. The first-order valence-electron chi connectivity index (χ1n) is 3.03. The van der Waals surface area contributed by atoms with Gasteiger partial charge in [0.25, 0.3) is 0 Å². The lowest BCUT2D eigenvalue weighted by molar-refractivity contribution is -0.117. The minimum atomic E-state index is -0.404. The Labute approximate surface area is 63.4 Å². The number of rotatable bonds is 2. The van der Waals surface area contributed by atoms with E-state index in [9.17, 15) is 4.79 Å². The third-order valence-corrected chi connectivity index (χ3v) is 1.10. The van der Waals surface area contributed by atoms with Crippen LogP contribution in [0.3, 0.4) is 0 Å². The number of primary amides is 1. The van der Waals surface area contributed by atoms with Crippen LogP contribution >= 0.6 is 0 Å². The molecule has 4 N–H and O–H groups in total. The highest BCUT2D eigenvalue weighted by molar-refractivity contribution is 5.76. The molecule has 0 aliphatic carbocycles. The van der Waals surface area contributed by atoms with Gasteiger partial charge in [-0.1, -0.05) is 0 Å². The molecule has 0 atom stereocenters. The maximum atomic E-state index is 10.4. The molecule has 1 heterocycles. The molecule has 0 fully saturated rings. The van der Waals surface area contributed by atoms with Crippen LogP contribution in [-0.4, -0.2) is 15.9 Å². The van der Waals surface area contributed by atoms with Crippen molar-refractivity contribution in [2.24, 2.45) is 5.73 Å². The van der Waals surface area contributed by atoms with Crippen molar-refractivity contribution >= 4 is 11.9 Å². The van der Waals surface area contributed by atoms with E-state index in [2.05, 4.69) is 9.97 Å². The summed E-state index contributed by atoms with van der Waals surface area (Å²) in [5, 5.41) is 0. The first-order valence-corrected chi connectivity index (χ1v) is 3.03. The highest BCUT2D eigenvalue weighted by atomic mass is 16.1. The monoisotopic (exact) mass is 152 g/mol. The number of carbonyl (C=O) groups is 1. The summed E-state index contributed by atoms with van der Waals surface area (Å²) in [5.41, 5.74) is 10.8. The summed E-state index contributed by atoms with van der Waals surface area (Å²) in [6.45, 7) is 0. The van der Waals surface area contributed by atoms with Crippen LogP contribution in [0.4, 0.5) is 5.95 Å². The van der Waals surface area contributed by atoms with E-state index in [-0.39, 0.29) is 12.4 Å². The molecule has 0 spiro atoms. The molecule has 0 aliphatic rings. The van der Waals surface area contributed by atoms with E-state index < -0.39 is 5.91 Å². The molecule has 0 bridgehead atoms. The Morgan fingerprint density at radius 2 is 2.00 bits per heavy atom. The van der Waals surface area contributed by atoms with E-state index in [1.54, 1.807) is 0 Å². The number of amides is 1. The van der Waals surface area contributed by atoms with Gasteiger partial charge in [0.15, 0.2) is 0 Å². The van der Waals surface area contributed by atoms with Gasteiger partial charge in [-0.15, -0.1) is 0 Å². The Bertz CT molecular complexity index is 256. The fraction of sp³-hybridized carbons (Fsp3) is 0.167. The fourth-order valence-corrected chi connectivity index (χ4v) is 0.657. The molecule has 0 saturated carbocycles. The van der Waals surface area contributed by atoms with Crippen molar-refractivity contribution in [1.82, 2.24) is 9.97 Å². The molecule has 0 aliphatic heterocycles. The van der Waals surface area contributed by atoms with E-state index in [0.29, 0.717) is 5.56 Å². The van der Waals surface area contributed by atoms with Gasteiger partial charge in [-0.25, -0.2) is 9.97 Å². The standard InChI is InChI=1S/C6H8N4O/c7-5(11)1-4-2-9-6(8)10-3-4/h2-3H,1H2,(H2,7,11)(H2,8,9,10). The molecule has 58 valence electrons. The number of nitrogens with zero attached hydrogens (tertiary/aromatic N) is 2. The van der Waals surface area contributed by atoms with E-state index in [4.69, 9.17) is 11.5 Å². The average molecular weight is 152 g/mol. The van der Waals surface area contributed by atoms with Crippen LogP contribution in [0.1, 0.15) is 5.56 Å². The number of nitrogens with two attached hydrogens (primary N) is 2. The SMILES string of the molecule is NC(=O)Cc1cnc(N)nc1. The van der Waals surface area contributed by atoms with Crippen molar-refractivity contribution in [2.75, 3.05) is 5.73 Å². The van der Waals surface area contributed by atoms with Gasteiger partial charge in [-0.05, 0) is 5.56 Å². The maximum absolute atomic E-state index is 10.4. The first-order chi connectivity index (χ1) is 5.18. The molecule has 1 aromatic rings. The minimum absolute atomic E-state index is 0.153.